The number of aryl methyl sites for hydroxylation is 1. The summed E-state index contributed by atoms with van der Waals surface area (Å²) in [6, 6.07) is 3.32. The molecule has 3 rings (SSSR count). The molecule has 0 saturated heterocycles. The van der Waals surface area contributed by atoms with Crippen molar-refractivity contribution >= 4 is 16.9 Å². The first kappa shape index (κ1) is 12.2. The summed E-state index contributed by atoms with van der Waals surface area (Å²) in [6.07, 6.45) is 3.56. The van der Waals surface area contributed by atoms with Crippen LogP contribution in [0, 0.1) is 5.92 Å². The van der Waals surface area contributed by atoms with E-state index in [1.165, 1.54) is 0 Å². The van der Waals surface area contributed by atoms with Crippen molar-refractivity contribution < 1.29 is 19.4 Å². The molecule has 4 heteroatoms. The molecule has 0 aliphatic heterocycles. The summed E-state index contributed by atoms with van der Waals surface area (Å²) in [5, 5.41) is 19.6. The first-order valence-electron chi connectivity index (χ1n) is 6.50. The van der Waals surface area contributed by atoms with Gasteiger partial charge >= 0.3 is 5.97 Å². The molecule has 1 aromatic heterocycles. The van der Waals surface area contributed by atoms with Gasteiger partial charge in [0, 0.05) is 12.0 Å². The quantitative estimate of drug-likeness (QED) is 0.890. The Hall–Kier alpha value is -1.81. The maximum atomic E-state index is 11.2. The maximum absolute atomic E-state index is 11.2. The Morgan fingerprint density at radius 3 is 3.00 bits per heavy atom. The van der Waals surface area contributed by atoms with Gasteiger partial charge in [-0.25, -0.2) is 4.79 Å². The van der Waals surface area contributed by atoms with E-state index >= 15 is 0 Å². The van der Waals surface area contributed by atoms with E-state index in [0.717, 1.165) is 29.4 Å². The van der Waals surface area contributed by atoms with Crippen LogP contribution in [0.15, 0.2) is 22.8 Å². The summed E-state index contributed by atoms with van der Waals surface area (Å²) in [7, 11) is 0. The molecular formula is C15H16O4. The minimum absolute atomic E-state index is 0.108. The second-order valence-electron chi connectivity index (χ2n) is 5.31. The number of carbonyl (C=O) groups is 1. The fourth-order valence-corrected chi connectivity index (χ4v) is 3.05. The predicted octanol–water partition coefficient (Wildman–Crippen LogP) is 2.79. The average Bonchev–Trinajstić information content (AvgIpc) is 2.83. The fourth-order valence-electron chi connectivity index (χ4n) is 3.05. The maximum Gasteiger partial charge on any atom is 0.335 e. The third kappa shape index (κ3) is 1.83. The molecule has 1 aromatic carbocycles. The van der Waals surface area contributed by atoms with E-state index in [1.807, 2.05) is 6.92 Å². The molecule has 100 valence electrons. The summed E-state index contributed by atoms with van der Waals surface area (Å²) >= 11 is 0. The Labute approximate surface area is 110 Å². The van der Waals surface area contributed by atoms with E-state index in [2.05, 4.69) is 0 Å². The van der Waals surface area contributed by atoms with E-state index < -0.39 is 5.97 Å². The van der Waals surface area contributed by atoms with Gasteiger partial charge in [0.05, 0.1) is 11.8 Å². The highest BCUT2D eigenvalue weighted by molar-refractivity contribution is 5.96. The molecule has 4 nitrogen and oxygen atoms in total. The topological polar surface area (TPSA) is 70.7 Å². The van der Waals surface area contributed by atoms with E-state index in [9.17, 15) is 15.0 Å². The van der Waals surface area contributed by atoms with Crippen LogP contribution in [-0.4, -0.2) is 22.8 Å². The molecule has 0 spiro atoms. The minimum Gasteiger partial charge on any atom is -0.478 e. The molecule has 2 N–H and O–H groups in total. The van der Waals surface area contributed by atoms with Crippen molar-refractivity contribution in [2.45, 2.75) is 25.7 Å². The number of rotatable bonds is 3. The number of hydrogen-bond acceptors (Lipinski definition) is 3. The van der Waals surface area contributed by atoms with Gasteiger partial charge in [0.1, 0.15) is 5.58 Å². The number of aromatic carboxylic acids is 1. The lowest BCUT2D eigenvalue weighted by Crippen LogP contribution is -2.18. The third-order valence-electron chi connectivity index (χ3n) is 4.13. The van der Waals surface area contributed by atoms with Crippen LogP contribution >= 0.6 is 0 Å². The first-order chi connectivity index (χ1) is 9.11. The number of aliphatic hydroxyl groups is 1. The first-order valence-corrected chi connectivity index (χ1v) is 6.50. The molecule has 1 aliphatic carbocycles. The predicted molar refractivity (Wildman–Crippen MR) is 70.5 cm³/mol. The number of hydrogen-bond donors (Lipinski definition) is 2. The summed E-state index contributed by atoms with van der Waals surface area (Å²) < 4.78 is 5.49. The van der Waals surface area contributed by atoms with Gasteiger partial charge < -0.3 is 14.6 Å². The molecule has 0 saturated carbocycles. The Morgan fingerprint density at radius 1 is 1.53 bits per heavy atom. The lowest BCUT2D eigenvalue weighted by atomic mass is 9.77. The van der Waals surface area contributed by atoms with Gasteiger partial charge in [-0.3, -0.25) is 0 Å². The van der Waals surface area contributed by atoms with Gasteiger partial charge in [0.15, 0.2) is 0 Å². The molecule has 0 fully saturated rings. The van der Waals surface area contributed by atoms with Crippen LogP contribution in [0.25, 0.3) is 11.0 Å². The normalized spacial score (nSPS) is 19.6. The number of aliphatic hydroxyl groups excluding tert-OH is 1. The van der Waals surface area contributed by atoms with Gasteiger partial charge in [0.2, 0.25) is 0 Å². The second-order valence-corrected chi connectivity index (χ2v) is 5.31. The largest absolute Gasteiger partial charge is 0.478 e. The van der Waals surface area contributed by atoms with Crippen molar-refractivity contribution in [2.75, 3.05) is 6.61 Å². The summed E-state index contributed by atoms with van der Waals surface area (Å²) in [4.78, 5) is 11.2. The summed E-state index contributed by atoms with van der Waals surface area (Å²) in [5.74, 6) is -0.635. The van der Waals surface area contributed by atoms with Gasteiger partial charge in [0.25, 0.3) is 0 Å². The van der Waals surface area contributed by atoms with Gasteiger partial charge in [-0.1, -0.05) is 6.92 Å². The lowest BCUT2D eigenvalue weighted by Gasteiger charge is -2.27. The number of carboxylic acids is 1. The molecule has 0 amide bonds. The SMILES string of the molecule is CC(CO)C1CCc2coc3cc(C(=O)O)cc1c23. The van der Waals surface area contributed by atoms with Gasteiger partial charge in [-0.15, -0.1) is 0 Å². The van der Waals surface area contributed by atoms with Crippen molar-refractivity contribution in [2.24, 2.45) is 5.92 Å². The molecule has 0 bridgehead atoms. The molecule has 1 aliphatic rings. The van der Waals surface area contributed by atoms with Crippen molar-refractivity contribution in [1.29, 1.82) is 0 Å². The van der Waals surface area contributed by atoms with Crippen LogP contribution in [0.1, 0.15) is 40.7 Å². The number of carboxylic acid groups (broad SMARTS) is 1. The van der Waals surface area contributed by atoms with Gasteiger partial charge in [-0.2, -0.15) is 0 Å². The Balaban J connectivity index is 2.24. The molecule has 1 heterocycles. The third-order valence-corrected chi connectivity index (χ3v) is 4.13. The Kier molecular flexibility index (Phi) is 2.82. The van der Waals surface area contributed by atoms with E-state index in [4.69, 9.17) is 4.42 Å². The monoisotopic (exact) mass is 260 g/mol. The van der Waals surface area contributed by atoms with Crippen LogP contribution in [0.4, 0.5) is 0 Å². The van der Waals surface area contributed by atoms with Crippen LogP contribution in [0.3, 0.4) is 0 Å². The van der Waals surface area contributed by atoms with Crippen LogP contribution in [0.2, 0.25) is 0 Å². The smallest absolute Gasteiger partial charge is 0.335 e. The molecular weight excluding hydrogens is 244 g/mol. The standard InChI is InChI=1S/C15H16O4/c1-8(6-16)11-3-2-9-7-19-13-5-10(15(17)18)4-12(11)14(9)13/h4-5,7-8,11,16H,2-3,6H2,1H3,(H,17,18). The van der Waals surface area contributed by atoms with E-state index in [1.54, 1.807) is 18.4 Å². The van der Waals surface area contributed by atoms with Crippen molar-refractivity contribution in [3.8, 4) is 0 Å². The van der Waals surface area contributed by atoms with Crippen LogP contribution in [-0.2, 0) is 6.42 Å². The second kappa shape index (κ2) is 4.38. The highest BCUT2D eigenvalue weighted by atomic mass is 16.4. The van der Waals surface area contributed by atoms with Crippen molar-refractivity contribution in [1.82, 2.24) is 0 Å². The average molecular weight is 260 g/mol. The minimum atomic E-state index is -0.947. The summed E-state index contributed by atoms with van der Waals surface area (Å²) in [6.45, 7) is 2.10. The van der Waals surface area contributed by atoms with Crippen molar-refractivity contribution in [3.05, 3.63) is 35.1 Å². The van der Waals surface area contributed by atoms with E-state index in [-0.39, 0.29) is 24.0 Å². The zero-order valence-electron chi connectivity index (χ0n) is 10.7. The molecule has 19 heavy (non-hydrogen) atoms. The molecule has 0 radical (unpaired) electrons. The zero-order valence-corrected chi connectivity index (χ0v) is 10.7. The van der Waals surface area contributed by atoms with E-state index in [0.29, 0.717) is 5.58 Å². The van der Waals surface area contributed by atoms with Crippen LogP contribution in [0.5, 0.6) is 0 Å². The lowest BCUT2D eigenvalue weighted by molar-refractivity contribution is 0.0696. The zero-order chi connectivity index (χ0) is 13.6. The number of benzene rings is 1. The van der Waals surface area contributed by atoms with Gasteiger partial charge in [-0.05, 0) is 47.9 Å². The fraction of sp³-hybridized carbons (Fsp3) is 0.400. The number of furan rings is 1. The molecule has 2 unspecified atom stereocenters. The highest BCUT2D eigenvalue weighted by Crippen LogP contribution is 2.41. The summed E-state index contributed by atoms with van der Waals surface area (Å²) in [5.41, 5.74) is 3.04. The van der Waals surface area contributed by atoms with Crippen molar-refractivity contribution in [3.63, 3.8) is 0 Å². The highest BCUT2D eigenvalue weighted by Gasteiger charge is 2.28. The van der Waals surface area contributed by atoms with Crippen LogP contribution < -0.4 is 0 Å². The molecule has 2 atom stereocenters. The molecule has 2 aromatic rings. The Morgan fingerprint density at radius 2 is 2.32 bits per heavy atom. The Bertz CT molecular complexity index is 641.